The van der Waals surface area contributed by atoms with E-state index in [1.807, 2.05) is 67.6 Å². The summed E-state index contributed by atoms with van der Waals surface area (Å²) in [6.45, 7) is 1.93. The third kappa shape index (κ3) is 3.85. The van der Waals surface area contributed by atoms with Crippen LogP contribution in [-0.2, 0) is 9.53 Å². The summed E-state index contributed by atoms with van der Waals surface area (Å²) in [5.41, 5.74) is 3.09. The number of hydrogen-bond acceptors (Lipinski definition) is 3. The van der Waals surface area contributed by atoms with Crippen LogP contribution in [0.4, 0.5) is 0 Å². The Balaban J connectivity index is 1.86. The second kappa shape index (κ2) is 6.75. The van der Waals surface area contributed by atoms with Gasteiger partial charge in [-0.05, 0) is 48.4 Å². The van der Waals surface area contributed by atoms with Crippen LogP contribution < -0.4 is 0 Å². The van der Waals surface area contributed by atoms with Crippen molar-refractivity contribution in [1.29, 1.82) is 0 Å². The fourth-order valence-corrected chi connectivity index (χ4v) is 2.46. The molecule has 4 heteroatoms. The number of carbonyl (C=O) groups is 1. The van der Waals surface area contributed by atoms with Crippen molar-refractivity contribution < 1.29 is 9.53 Å². The normalized spacial score (nSPS) is 16.4. The van der Waals surface area contributed by atoms with E-state index < -0.39 is 5.97 Å². The minimum atomic E-state index is -0.427. The number of nitrogens with zero attached hydrogens (tertiary/aromatic N) is 1. The highest BCUT2D eigenvalue weighted by atomic mass is 79.9. The lowest BCUT2D eigenvalue weighted by molar-refractivity contribution is -0.130. The fourth-order valence-electron chi connectivity index (χ4n) is 2.19. The predicted octanol–water partition coefficient (Wildman–Crippen LogP) is 4.74. The monoisotopic (exact) mass is 367 g/mol. The Bertz CT molecular complexity index is 818. The molecule has 114 valence electrons. The van der Waals surface area contributed by atoms with Crippen LogP contribution in [0.15, 0.2) is 81.4 Å². The van der Waals surface area contributed by atoms with Gasteiger partial charge in [0.1, 0.15) is 0 Å². The quantitative estimate of drug-likeness (QED) is 0.580. The number of aliphatic imine (C=N–C) groups is 1. The van der Waals surface area contributed by atoms with Gasteiger partial charge in [-0.1, -0.05) is 52.3 Å². The van der Waals surface area contributed by atoms with Crippen molar-refractivity contribution in [3.63, 3.8) is 0 Å². The minimum absolute atomic E-state index is 0.313. The molecule has 1 aliphatic heterocycles. The Hall–Kier alpha value is -2.46. The Morgan fingerprint density at radius 2 is 1.78 bits per heavy atom. The molecular weight excluding hydrogens is 354 g/mol. The van der Waals surface area contributed by atoms with Gasteiger partial charge in [-0.2, -0.15) is 0 Å². The molecule has 3 rings (SSSR count). The molecule has 1 aliphatic rings. The SMILES string of the molecule is CC(=Cc1ccccc1)C=C1N=C(c2ccc(Br)cc2)OC1=O. The smallest absolute Gasteiger partial charge is 0.363 e. The summed E-state index contributed by atoms with van der Waals surface area (Å²) in [4.78, 5) is 16.3. The van der Waals surface area contributed by atoms with Gasteiger partial charge in [0, 0.05) is 10.0 Å². The first-order valence-electron chi connectivity index (χ1n) is 7.14. The molecule has 0 radical (unpaired) electrons. The van der Waals surface area contributed by atoms with Crippen LogP contribution in [0.3, 0.4) is 0 Å². The number of allylic oxidation sites excluding steroid dienone is 2. The predicted molar refractivity (Wildman–Crippen MR) is 94.9 cm³/mol. The van der Waals surface area contributed by atoms with E-state index in [1.54, 1.807) is 6.08 Å². The van der Waals surface area contributed by atoms with Gasteiger partial charge in [-0.15, -0.1) is 0 Å². The number of cyclic esters (lactones) is 1. The summed E-state index contributed by atoms with van der Waals surface area (Å²) < 4.78 is 6.21. The zero-order valence-corrected chi connectivity index (χ0v) is 14.1. The average Bonchev–Trinajstić information content (AvgIpc) is 2.90. The maximum atomic E-state index is 12.0. The lowest BCUT2D eigenvalue weighted by Crippen LogP contribution is -2.05. The summed E-state index contributed by atoms with van der Waals surface area (Å²) in [5, 5.41) is 0. The molecule has 0 spiro atoms. The zero-order valence-electron chi connectivity index (χ0n) is 12.5. The second-order valence-corrected chi connectivity index (χ2v) is 6.06. The Kier molecular flexibility index (Phi) is 4.53. The van der Waals surface area contributed by atoms with E-state index >= 15 is 0 Å². The Morgan fingerprint density at radius 1 is 1.09 bits per heavy atom. The van der Waals surface area contributed by atoms with Crippen molar-refractivity contribution in [2.45, 2.75) is 6.92 Å². The van der Waals surface area contributed by atoms with Crippen molar-refractivity contribution in [1.82, 2.24) is 0 Å². The van der Waals surface area contributed by atoms with E-state index in [0.717, 1.165) is 21.2 Å². The van der Waals surface area contributed by atoms with Crippen LogP contribution in [0.5, 0.6) is 0 Å². The molecule has 1 heterocycles. The number of esters is 1. The third-order valence-corrected chi connectivity index (χ3v) is 3.80. The van der Waals surface area contributed by atoms with Gasteiger partial charge in [0.05, 0.1) is 0 Å². The molecule has 0 fully saturated rings. The minimum Gasteiger partial charge on any atom is -0.402 e. The molecule has 2 aromatic rings. The molecule has 0 saturated carbocycles. The lowest BCUT2D eigenvalue weighted by atomic mass is 10.1. The van der Waals surface area contributed by atoms with Crippen molar-refractivity contribution in [3.8, 4) is 0 Å². The molecular formula is C19H14BrNO2. The van der Waals surface area contributed by atoms with Crippen LogP contribution in [0, 0.1) is 0 Å². The van der Waals surface area contributed by atoms with Gasteiger partial charge in [0.25, 0.3) is 0 Å². The molecule has 0 bridgehead atoms. The maximum Gasteiger partial charge on any atom is 0.363 e. The number of rotatable bonds is 3. The van der Waals surface area contributed by atoms with Crippen LogP contribution in [0.1, 0.15) is 18.1 Å². The van der Waals surface area contributed by atoms with Gasteiger partial charge in [0.15, 0.2) is 5.70 Å². The Labute approximate surface area is 143 Å². The standard InChI is InChI=1S/C19H14BrNO2/c1-13(11-14-5-3-2-4-6-14)12-17-19(22)23-18(21-17)15-7-9-16(20)10-8-15/h2-12H,1H3. The third-order valence-electron chi connectivity index (χ3n) is 3.27. The zero-order chi connectivity index (χ0) is 16.2. The summed E-state index contributed by atoms with van der Waals surface area (Å²) in [6, 6.07) is 17.4. The number of ether oxygens (including phenoxy) is 1. The molecule has 0 atom stereocenters. The van der Waals surface area contributed by atoms with Gasteiger partial charge in [-0.25, -0.2) is 9.79 Å². The van der Waals surface area contributed by atoms with Crippen molar-refractivity contribution >= 4 is 33.9 Å². The molecule has 0 aromatic heterocycles. The topological polar surface area (TPSA) is 38.7 Å². The summed E-state index contributed by atoms with van der Waals surface area (Å²) in [7, 11) is 0. The maximum absolute atomic E-state index is 12.0. The highest BCUT2D eigenvalue weighted by molar-refractivity contribution is 9.10. The van der Waals surface area contributed by atoms with Crippen LogP contribution in [0.25, 0.3) is 6.08 Å². The van der Waals surface area contributed by atoms with Gasteiger partial charge in [-0.3, -0.25) is 0 Å². The first-order chi connectivity index (χ1) is 11.1. The Morgan fingerprint density at radius 3 is 2.48 bits per heavy atom. The van der Waals surface area contributed by atoms with E-state index in [0.29, 0.717) is 11.6 Å². The van der Waals surface area contributed by atoms with Crippen LogP contribution >= 0.6 is 15.9 Å². The molecule has 0 saturated heterocycles. The highest BCUT2D eigenvalue weighted by Gasteiger charge is 2.23. The van der Waals surface area contributed by atoms with Crippen molar-refractivity contribution in [3.05, 3.63) is 87.5 Å². The molecule has 23 heavy (non-hydrogen) atoms. The molecule has 2 aromatic carbocycles. The van der Waals surface area contributed by atoms with E-state index in [9.17, 15) is 4.79 Å². The first-order valence-corrected chi connectivity index (χ1v) is 7.93. The van der Waals surface area contributed by atoms with E-state index in [2.05, 4.69) is 20.9 Å². The van der Waals surface area contributed by atoms with E-state index in [4.69, 9.17) is 4.74 Å². The summed E-state index contributed by atoms with van der Waals surface area (Å²) in [6.07, 6.45) is 3.73. The molecule has 0 aliphatic carbocycles. The largest absolute Gasteiger partial charge is 0.402 e. The van der Waals surface area contributed by atoms with E-state index in [1.165, 1.54) is 0 Å². The number of benzene rings is 2. The first kappa shape index (κ1) is 15.4. The summed E-state index contributed by atoms with van der Waals surface area (Å²) in [5.74, 6) is -0.0926. The number of halogens is 1. The molecule has 0 unspecified atom stereocenters. The van der Waals surface area contributed by atoms with Crippen LogP contribution in [-0.4, -0.2) is 11.9 Å². The molecule has 3 nitrogen and oxygen atoms in total. The second-order valence-electron chi connectivity index (χ2n) is 5.14. The van der Waals surface area contributed by atoms with Crippen LogP contribution in [0.2, 0.25) is 0 Å². The van der Waals surface area contributed by atoms with E-state index in [-0.39, 0.29) is 0 Å². The summed E-state index contributed by atoms with van der Waals surface area (Å²) >= 11 is 3.38. The number of carbonyl (C=O) groups excluding carboxylic acids is 1. The van der Waals surface area contributed by atoms with Crippen molar-refractivity contribution in [2.75, 3.05) is 0 Å². The average molecular weight is 368 g/mol. The lowest BCUT2D eigenvalue weighted by Gasteiger charge is -1.98. The van der Waals surface area contributed by atoms with Gasteiger partial charge >= 0.3 is 5.97 Å². The number of hydrogen-bond donors (Lipinski definition) is 0. The van der Waals surface area contributed by atoms with Gasteiger partial charge < -0.3 is 4.74 Å². The fraction of sp³-hybridized carbons (Fsp3) is 0.0526. The highest BCUT2D eigenvalue weighted by Crippen LogP contribution is 2.20. The van der Waals surface area contributed by atoms with Gasteiger partial charge in [0.2, 0.25) is 5.90 Å². The van der Waals surface area contributed by atoms with Crippen molar-refractivity contribution in [2.24, 2.45) is 4.99 Å². The molecule has 0 N–H and O–H groups in total. The molecule has 0 amide bonds.